The molecule has 0 aromatic heterocycles. The minimum Gasteiger partial charge on any atom is -0.496 e. The van der Waals surface area contributed by atoms with Gasteiger partial charge in [-0.3, -0.25) is 0 Å². The predicted molar refractivity (Wildman–Crippen MR) is 78.7 cm³/mol. The van der Waals surface area contributed by atoms with Crippen LogP contribution in [0.5, 0.6) is 5.75 Å². The van der Waals surface area contributed by atoms with Crippen LogP contribution in [0.4, 0.5) is 0 Å². The van der Waals surface area contributed by atoms with E-state index >= 15 is 0 Å². The highest BCUT2D eigenvalue weighted by Crippen LogP contribution is 2.37. The second kappa shape index (κ2) is 6.44. The zero-order valence-electron chi connectivity index (χ0n) is 11.8. The molecular weight excluding hydrogens is 246 g/mol. The molecule has 0 unspecified atom stereocenters. The molecule has 0 radical (unpaired) electrons. The Bertz CT molecular complexity index is 396. The van der Waals surface area contributed by atoms with Gasteiger partial charge < -0.3 is 10.5 Å². The lowest BCUT2D eigenvalue weighted by molar-refractivity contribution is 0.392. The molecule has 0 aliphatic heterocycles. The Labute approximate surface area is 115 Å². The molecule has 3 heteroatoms. The van der Waals surface area contributed by atoms with Gasteiger partial charge in [0, 0.05) is 10.6 Å². The van der Waals surface area contributed by atoms with Crippen molar-refractivity contribution >= 4 is 11.6 Å². The average Bonchev–Trinajstić information content (AvgIpc) is 2.27. The summed E-state index contributed by atoms with van der Waals surface area (Å²) < 4.78 is 5.60. The summed E-state index contributed by atoms with van der Waals surface area (Å²) in [6.07, 6.45) is 3.06. The van der Waals surface area contributed by atoms with E-state index < -0.39 is 0 Å². The van der Waals surface area contributed by atoms with Gasteiger partial charge in [0.2, 0.25) is 0 Å². The van der Waals surface area contributed by atoms with Crippen molar-refractivity contribution in [1.82, 2.24) is 0 Å². The summed E-state index contributed by atoms with van der Waals surface area (Å²) in [5.41, 5.74) is 7.91. The van der Waals surface area contributed by atoms with Crippen LogP contribution in [0.25, 0.3) is 0 Å². The first-order chi connectivity index (χ1) is 8.40. The SMILES string of the molecule is COc1c(CCCCN)cc(Cl)cc1C(C)(C)C. The first-order valence-corrected chi connectivity index (χ1v) is 6.85. The van der Waals surface area contributed by atoms with Gasteiger partial charge in [-0.05, 0) is 48.9 Å². The van der Waals surface area contributed by atoms with Gasteiger partial charge in [0.05, 0.1) is 7.11 Å². The van der Waals surface area contributed by atoms with Gasteiger partial charge in [-0.25, -0.2) is 0 Å². The van der Waals surface area contributed by atoms with Gasteiger partial charge in [-0.15, -0.1) is 0 Å². The van der Waals surface area contributed by atoms with Crippen molar-refractivity contribution < 1.29 is 4.74 Å². The number of halogens is 1. The molecule has 2 N–H and O–H groups in total. The van der Waals surface area contributed by atoms with E-state index in [2.05, 4.69) is 20.8 Å². The molecule has 0 aliphatic carbocycles. The van der Waals surface area contributed by atoms with Crippen molar-refractivity contribution in [3.8, 4) is 5.75 Å². The second-order valence-corrected chi connectivity index (χ2v) is 6.08. The van der Waals surface area contributed by atoms with Gasteiger partial charge in [-0.2, -0.15) is 0 Å². The van der Waals surface area contributed by atoms with Crippen LogP contribution in [-0.4, -0.2) is 13.7 Å². The van der Waals surface area contributed by atoms with Crippen LogP contribution in [-0.2, 0) is 11.8 Å². The summed E-state index contributed by atoms with van der Waals surface area (Å²) in [5.74, 6) is 0.976. The van der Waals surface area contributed by atoms with Crippen LogP contribution in [0, 0.1) is 0 Å². The van der Waals surface area contributed by atoms with Crippen LogP contribution in [0.15, 0.2) is 12.1 Å². The molecule has 0 bridgehead atoms. The molecule has 0 aliphatic rings. The Morgan fingerprint density at radius 1 is 1.22 bits per heavy atom. The maximum atomic E-state index is 6.22. The molecule has 18 heavy (non-hydrogen) atoms. The summed E-state index contributed by atoms with van der Waals surface area (Å²) in [5, 5.41) is 0.781. The number of ether oxygens (including phenoxy) is 1. The molecule has 0 saturated carbocycles. The fourth-order valence-electron chi connectivity index (χ4n) is 2.09. The van der Waals surface area contributed by atoms with Crippen molar-refractivity contribution in [3.05, 3.63) is 28.3 Å². The van der Waals surface area contributed by atoms with E-state index in [1.54, 1.807) is 7.11 Å². The molecular formula is C15H24ClNO. The van der Waals surface area contributed by atoms with Crippen LogP contribution >= 0.6 is 11.6 Å². The van der Waals surface area contributed by atoms with Gasteiger partial charge >= 0.3 is 0 Å². The lowest BCUT2D eigenvalue weighted by Crippen LogP contribution is -2.14. The van der Waals surface area contributed by atoms with Gasteiger partial charge in [-0.1, -0.05) is 32.4 Å². The maximum absolute atomic E-state index is 6.22. The standard InChI is InChI=1S/C15H24ClNO/c1-15(2,3)13-10-12(16)9-11(14(13)18-4)7-5-6-8-17/h9-10H,5-8,17H2,1-4H3. The Kier molecular flexibility index (Phi) is 5.48. The summed E-state index contributed by atoms with van der Waals surface area (Å²) in [6, 6.07) is 4.01. The molecule has 0 amide bonds. The maximum Gasteiger partial charge on any atom is 0.125 e. The van der Waals surface area contributed by atoms with Gasteiger partial charge in [0.15, 0.2) is 0 Å². The minimum absolute atomic E-state index is 0.0266. The Balaban J connectivity index is 3.12. The zero-order valence-corrected chi connectivity index (χ0v) is 12.6. The summed E-state index contributed by atoms with van der Waals surface area (Å²) in [6.45, 7) is 7.25. The van der Waals surface area contributed by atoms with E-state index in [0.29, 0.717) is 0 Å². The second-order valence-electron chi connectivity index (χ2n) is 5.64. The van der Waals surface area contributed by atoms with Crippen molar-refractivity contribution in [2.75, 3.05) is 13.7 Å². The average molecular weight is 270 g/mol. The number of methoxy groups -OCH3 is 1. The van der Waals surface area contributed by atoms with E-state index in [-0.39, 0.29) is 5.41 Å². The molecule has 1 aromatic rings. The normalized spacial score (nSPS) is 11.7. The molecule has 1 rings (SSSR count). The fraction of sp³-hybridized carbons (Fsp3) is 0.600. The zero-order chi connectivity index (χ0) is 13.8. The molecule has 1 aromatic carbocycles. The molecule has 0 atom stereocenters. The predicted octanol–water partition coefficient (Wildman–Crippen LogP) is 3.93. The van der Waals surface area contributed by atoms with E-state index in [1.807, 2.05) is 12.1 Å². The number of rotatable bonds is 5. The van der Waals surface area contributed by atoms with Gasteiger partial charge in [0.1, 0.15) is 5.75 Å². The van der Waals surface area contributed by atoms with Crippen molar-refractivity contribution in [1.29, 1.82) is 0 Å². The number of hydrogen-bond donors (Lipinski definition) is 1. The lowest BCUT2D eigenvalue weighted by Gasteiger charge is -2.24. The van der Waals surface area contributed by atoms with E-state index in [1.165, 1.54) is 11.1 Å². The van der Waals surface area contributed by atoms with Crippen molar-refractivity contribution in [3.63, 3.8) is 0 Å². The highest BCUT2D eigenvalue weighted by atomic mass is 35.5. The van der Waals surface area contributed by atoms with Crippen LogP contribution in [0.3, 0.4) is 0 Å². The highest BCUT2D eigenvalue weighted by Gasteiger charge is 2.21. The number of hydrogen-bond acceptors (Lipinski definition) is 2. The van der Waals surface area contributed by atoms with E-state index in [0.717, 1.165) is 36.6 Å². The lowest BCUT2D eigenvalue weighted by atomic mass is 9.84. The van der Waals surface area contributed by atoms with Crippen LogP contribution < -0.4 is 10.5 Å². The van der Waals surface area contributed by atoms with Gasteiger partial charge in [0.25, 0.3) is 0 Å². The van der Waals surface area contributed by atoms with Crippen molar-refractivity contribution in [2.24, 2.45) is 5.73 Å². The molecule has 0 fully saturated rings. The molecule has 0 spiro atoms. The number of unbranched alkanes of at least 4 members (excludes halogenated alkanes) is 1. The Morgan fingerprint density at radius 2 is 1.89 bits per heavy atom. The highest BCUT2D eigenvalue weighted by molar-refractivity contribution is 6.30. The topological polar surface area (TPSA) is 35.2 Å². The third-order valence-corrected chi connectivity index (χ3v) is 3.26. The number of nitrogens with two attached hydrogens (primary N) is 1. The van der Waals surface area contributed by atoms with Crippen molar-refractivity contribution in [2.45, 2.75) is 45.4 Å². The first-order valence-electron chi connectivity index (χ1n) is 6.47. The smallest absolute Gasteiger partial charge is 0.125 e. The van der Waals surface area contributed by atoms with Crippen LogP contribution in [0.2, 0.25) is 5.02 Å². The fourth-order valence-corrected chi connectivity index (χ4v) is 2.33. The summed E-state index contributed by atoms with van der Waals surface area (Å²) in [7, 11) is 1.73. The Morgan fingerprint density at radius 3 is 2.39 bits per heavy atom. The number of aryl methyl sites for hydroxylation is 1. The minimum atomic E-state index is 0.0266. The third kappa shape index (κ3) is 3.89. The van der Waals surface area contributed by atoms with E-state index in [9.17, 15) is 0 Å². The monoisotopic (exact) mass is 269 g/mol. The largest absolute Gasteiger partial charge is 0.496 e. The molecule has 0 heterocycles. The molecule has 102 valence electrons. The number of benzene rings is 1. The Hall–Kier alpha value is -0.730. The van der Waals surface area contributed by atoms with E-state index in [4.69, 9.17) is 22.1 Å². The third-order valence-electron chi connectivity index (χ3n) is 3.04. The van der Waals surface area contributed by atoms with Crippen LogP contribution in [0.1, 0.15) is 44.7 Å². The first kappa shape index (κ1) is 15.3. The quantitative estimate of drug-likeness (QED) is 0.822. The summed E-state index contributed by atoms with van der Waals surface area (Å²) >= 11 is 6.22. The summed E-state index contributed by atoms with van der Waals surface area (Å²) in [4.78, 5) is 0. The molecule has 2 nitrogen and oxygen atoms in total. The molecule has 0 saturated heterocycles.